The van der Waals surface area contributed by atoms with Crippen LogP contribution in [0.1, 0.15) is 30.7 Å². The Hall–Kier alpha value is -2.63. The fourth-order valence-corrected chi connectivity index (χ4v) is 3.50. The zero-order chi connectivity index (χ0) is 18.6. The maximum atomic E-state index is 12.1. The van der Waals surface area contributed by atoms with Crippen LogP contribution in [0.2, 0.25) is 0 Å². The summed E-state index contributed by atoms with van der Waals surface area (Å²) in [6.07, 6.45) is 3.66. The van der Waals surface area contributed by atoms with E-state index in [1.807, 2.05) is 44.2 Å². The molecule has 6 heteroatoms. The maximum absolute atomic E-state index is 12.1. The van der Waals surface area contributed by atoms with E-state index in [-0.39, 0.29) is 0 Å². The second kappa shape index (κ2) is 7.72. The average molecular weight is 355 g/mol. The molecule has 0 aliphatic carbocycles. The number of para-hydroxylation sites is 1. The lowest BCUT2D eigenvalue weighted by molar-refractivity contribution is -0.150. The summed E-state index contributed by atoms with van der Waals surface area (Å²) in [6, 6.07) is 9.50. The van der Waals surface area contributed by atoms with Crippen molar-refractivity contribution in [3.8, 4) is 5.75 Å². The first-order valence-electron chi connectivity index (χ1n) is 8.97. The minimum Gasteiger partial charge on any atom is -0.494 e. The Balaban J connectivity index is 1.73. The monoisotopic (exact) mass is 355 g/mol. The van der Waals surface area contributed by atoms with Crippen LogP contribution in [0.4, 0.5) is 5.82 Å². The van der Waals surface area contributed by atoms with Crippen LogP contribution in [-0.4, -0.2) is 40.7 Å². The first kappa shape index (κ1) is 18.2. The van der Waals surface area contributed by atoms with Gasteiger partial charge in [-0.15, -0.1) is 0 Å². The number of aliphatic carboxylic acids is 1. The van der Waals surface area contributed by atoms with Gasteiger partial charge in [-0.2, -0.15) is 0 Å². The number of ether oxygens (including phenoxy) is 1. The van der Waals surface area contributed by atoms with Gasteiger partial charge in [-0.25, -0.2) is 4.98 Å². The number of carbonyl (C=O) groups is 1. The number of carboxylic acids is 1. The third kappa shape index (κ3) is 3.95. The predicted octanol–water partition coefficient (Wildman–Crippen LogP) is 3.23. The Kier molecular flexibility index (Phi) is 5.40. The molecule has 1 saturated heterocycles. The molecule has 1 atom stereocenters. The molecule has 0 radical (unpaired) electrons. The molecule has 2 aromatic rings. The fraction of sp³-hybridized carbons (Fsp3) is 0.450. The van der Waals surface area contributed by atoms with Crippen LogP contribution >= 0.6 is 0 Å². The Morgan fingerprint density at radius 3 is 2.81 bits per heavy atom. The van der Waals surface area contributed by atoms with Gasteiger partial charge in [0.1, 0.15) is 11.6 Å². The molecule has 138 valence electrons. The molecule has 0 saturated carbocycles. The summed E-state index contributed by atoms with van der Waals surface area (Å²) in [5.74, 6) is 0.789. The molecule has 1 fully saturated rings. The standard InChI is InChI=1S/C20H25N3O3/c1-15-13-21-16(2)18(22-15)23-11-6-9-20(14-23,19(24)25)10-12-26-17-7-4-3-5-8-17/h3-5,7-8,13H,6,9-12,14H2,1-2H3,(H,24,25). The Morgan fingerprint density at radius 2 is 2.08 bits per heavy atom. The van der Waals surface area contributed by atoms with Gasteiger partial charge in [0.15, 0.2) is 0 Å². The van der Waals surface area contributed by atoms with Crippen LogP contribution in [0, 0.1) is 19.3 Å². The summed E-state index contributed by atoms with van der Waals surface area (Å²) in [6.45, 7) is 5.42. The molecule has 1 aromatic carbocycles. The summed E-state index contributed by atoms with van der Waals surface area (Å²) in [5.41, 5.74) is 0.840. The molecule has 0 bridgehead atoms. The molecule has 1 unspecified atom stereocenters. The van der Waals surface area contributed by atoms with Crippen molar-refractivity contribution in [2.24, 2.45) is 5.41 Å². The van der Waals surface area contributed by atoms with Gasteiger partial charge in [-0.1, -0.05) is 18.2 Å². The van der Waals surface area contributed by atoms with Gasteiger partial charge in [0.05, 0.1) is 23.4 Å². The number of hydrogen-bond acceptors (Lipinski definition) is 5. The molecule has 0 spiro atoms. The molecular weight excluding hydrogens is 330 g/mol. The van der Waals surface area contributed by atoms with E-state index in [1.165, 1.54) is 0 Å². The number of rotatable bonds is 6. The number of anilines is 1. The molecule has 0 amide bonds. The molecule has 26 heavy (non-hydrogen) atoms. The number of benzene rings is 1. The quantitative estimate of drug-likeness (QED) is 0.857. The highest BCUT2D eigenvalue weighted by molar-refractivity contribution is 5.76. The number of hydrogen-bond donors (Lipinski definition) is 1. The van der Waals surface area contributed by atoms with Crippen molar-refractivity contribution >= 4 is 11.8 Å². The van der Waals surface area contributed by atoms with Gasteiger partial charge in [0, 0.05) is 19.3 Å². The van der Waals surface area contributed by atoms with E-state index < -0.39 is 11.4 Å². The van der Waals surface area contributed by atoms with Crippen LogP contribution in [0.3, 0.4) is 0 Å². The molecule has 2 heterocycles. The van der Waals surface area contributed by atoms with E-state index in [2.05, 4.69) is 14.9 Å². The van der Waals surface area contributed by atoms with E-state index in [9.17, 15) is 9.90 Å². The lowest BCUT2D eigenvalue weighted by Gasteiger charge is -2.40. The normalized spacial score (nSPS) is 20.0. The summed E-state index contributed by atoms with van der Waals surface area (Å²) < 4.78 is 5.76. The van der Waals surface area contributed by atoms with Crippen LogP contribution in [0.15, 0.2) is 36.5 Å². The van der Waals surface area contributed by atoms with Gasteiger partial charge >= 0.3 is 5.97 Å². The van der Waals surface area contributed by atoms with Crippen molar-refractivity contribution in [3.63, 3.8) is 0 Å². The highest BCUT2D eigenvalue weighted by Crippen LogP contribution is 2.36. The van der Waals surface area contributed by atoms with Gasteiger partial charge < -0.3 is 14.7 Å². The van der Waals surface area contributed by atoms with Crippen molar-refractivity contribution in [1.82, 2.24) is 9.97 Å². The Bertz CT molecular complexity index is 766. The van der Waals surface area contributed by atoms with Crippen molar-refractivity contribution in [1.29, 1.82) is 0 Å². The molecule has 3 rings (SSSR count). The van der Waals surface area contributed by atoms with E-state index >= 15 is 0 Å². The smallest absolute Gasteiger partial charge is 0.311 e. The topological polar surface area (TPSA) is 75.6 Å². The summed E-state index contributed by atoms with van der Waals surface area (Å²) in [4.78, 5) is 23.2. The van der Waals surface area contributed by atoms with Crippen molar-refractivity contribution < 1.29 is 14.6 Å². The van der Waals surface area contributed by atoms with E-state index in [0.29, 0.717) is 26.0 Å². The van der Waals surface area contributed by atoms with Crippen molar-refractivity contribution in [2.75, 3.05) is 24.6 Å². The summed E-state index contributed by atoms with van der Waals surface area (Å²) >= 11 is 0. The lowest BCUT2D eigenvalue weighted by atomic mass is 9.77. The number of nitrogens with zero attached hydrogens (tertiary/aromatic N) is 3. The first-order chi connectivity index (χ1) is 12.5. The predicted molar refractivity (Wildman–Crippen MR) is 99.6 cm³/mol. The SMILES string of the molecule is Cc1cnc(C)c(N2CCCC(CCOc3ccccc3)(C(=O)O)C2)n1. The molecular formula is C20H25N3O3. The van der Waals surface area contributed by atoms with Crippen molar-refractivity contribution in [2.45, 2.75) is 33.1 Å². The summed E-state index contributed by atoms with van der Waals surface area (Å²) in [7, 11) is 0. The van der Waals surface area contributed by atoms with Crippen LogP contribution in [-0.2, 0) is 4.79 Å². The zero-order valence-corrected chi connectivity index (χ0v) is 15.3. The average Bonchev–Trinajstić information content (AvgIpc) is 2.65. The van der Waals surface area contributed by atoms with Crippen LogP contribution in [0.25, 0.3) is 0 Å². The third-order valence-corrected chi connectivity index (χ3v) is 4.97. The Labute approximate surface area is 153 Å². The first-order valence-corrected chi connectivity index (χ1v) is 8.97. The second-order valence-corrected chi connectivity index (χ2v) is 6.94. The highest BCUT2D eigenvalue weighted by atomic mass is 16.5. The lowest BCUT2D eigenvalue weighted by Crippen LogP contribution is -2.49. The fourth-order valence-electron chi connectivity index (χ4n) is 3.50. The molecule has 1 aliphatic rings. The summed E-state index contributed by atoms with van der Waals surface area (Å²) in [5, 5.41) is 9.96. The number of carboxylic acid groups (broad SMARTS) is 1. The molecule has 1 aromatic heterocycles. The Morgan fingerprint density at radius 1 is 1.31 bits per heavy atom. The number of aromatic nitrogens is 2. The van der Waals surface area contributed by atoms with Gasteiger partial charge in [0.25, 0.3) is 0 Å². The van der Waals surface area contributed by atoms with E-state index in [1.54, 1.807) is 6.20 Å². The minimum atomic E-state index is -0.828. The maximum Gasteiger partial charge on any atom is 0.311 e. The second-order valence-electron chi connectivity index (χ2n) is 6.94. The van der Waals surface area contributed by atoms with Crippen LogP contribution < -0.4 is 9.64 Å². The molecule has 1 aliphatic heterocycles. The number of aryl methyl sites for hydroxylation is 2. The zero-order valence-electron chi connectivity index (χ0n) is 15.3. The third-order valence-electron chi connectivity index (χ3n) is 4.97. The van der Waals surface area contributed by atoms with Crippen LogP contribution in [0.5, 0.6) is 5.75 Å². The molecule has 6 nitrogen and oxygen atoms in total. The van der Waals surface area contributed by atoms with Crippen molar-refractivity contribution in [3.05, 3.63) is 47.9 Å². The molecule has 1 N–H and O–H groups in total. The largest absolute Gasteiger partial charge is 0.494 e. The van der Waals surface area contributed by atoms with Gasteiger partial charge in [-0.05, 0) is 45.2 Å². The van der Waals surface area contributed by atoms with Gasteiger partial charge in [-0.3, -0.25) is 9.78 Å². The van der Waals surface area contributed by atoms with Gasteiger partial charge in [0.2, 0.25) is 0 Å². The highest BCUT2D eigenvalue weighted by Gasteiger charge is 2.43. The van der Waals surface area contributed by atoms with E-state index in [4.69, 9.17) is 4.74 Å². The minimum absolute atomic E-state index is 0.378. The number of piperidine rings is 1. The van der Waals surface area contributed by atoms with E-state index in [0.717, 1.165) is 35.9 Å².